The number of aryl methyl sites for hydroxylation is 1. The van der Waals surface area contributed by atoms with E-state index in [1.165, 1.54) is 29.0 Å². The molecule has 0 unspecified atom stereocenters. The molecule has 2 heterocycles. The van der Waals surface area contributed by atoms with Crippen LogP contribution in [-0.4, -0.2) is 39.8 Å². The lowest BCUT2D eigenvalue weighted by Crippen LogP contribution is -2.34. The van der Waals surface area contributed by atoms with E-state index in [4.69, 9.17) is 0 Å². The van der Waals surface area contributed by atoms with Crippen molar-refractivity contribution in [3.05, 3.63) is 29.8 Å². The van der Waals surface area contributed by atoms with Crippen LogP contribution in [0.25, 0.3) is 10.6 Å². The molecule has 0 radical (unpaired) electrons. The SMILES string of the molecule is Cc1ccc(-c2nnc(NC(=O)C3=NN(C)C(=O)CC3)s2)cc1. The lowest BCUT2D eigenvalue weighted by Gasteiger charge is -2.18. The van der Waals surface area contributed by atoms with Gasteiger partial charge >= 0.3 is 0 Å². The predicted molar refractivity (Wildman–Crippen MR) is 88.2 cm³/mol. The van der Waals surface area contributed by atoms with Crippen LogP contribution in [0.4, 0.5) is 5.13 Å². The molecule has 2 aromatic rings. The van der Waals surface area contributed by atoms with Crippen LogP contribution in [0.5, 0.6) is 0 Å². The number of nitrogens with one attached hydrogen (secondary N) is 1. The van der Waals surface area contributed by atoms with Gasteiger partial charge in [-0.05, 0) is 6.92 Å². The summed E-state index contributed by atoms with van der Waals surface area (Å²) in [5.41, 5.74) is 2.44. The number of carbonyl (C=O) groups excluding carboxylic acids is 2. The fourth-order valence-corrected chi connectivity index (χ4v) is 2.83. The fourth-order valence-electron chi connectivity index (χ4n) is 2.09. The van der Waals surface area contributed by atoms with Crippen LogP contribution < -0.4 is 5.32 Å². The summed E-state index contributed by atoms with van der Waals surface area (Å²) in [6.45, 7) is 2.02. The monoisotopic (exact) mass is 329 g/mol. The molecule has 0 saturated heterocycles. The van der Waals surface area contributed by atoms with Gasteiger partial charge in [0, 0.05) is 25.5 Å². The van der Waals surface area contributed by atoms with Gasteiger partial charge in [-0.15, -0.1) is 10.2 Å². The van der Waals surface area contributed by atoms with Gasteiger partial charge in [0.2, 0.25) is 11.0 Å². The molecule has 3 rings (SSSR count). The van der Waals surface area contributed by atoms with Crippen molar-refractivity contribution in [1.29, 1.82) is 0 Å². The number of hydrogen-bond acceptors (Lipinski definition) is 6. The lowest BCUT2D eigenvalue weighted by molar-refractivity contribution is -0.130. The Labute approximate surface area is 137 Å². The summed E-state index contributed by atoms with van der Waals surface area (Å²) < 4.78 is 0. The minimum absolute atomic E-state index is 0.0980. The van der Waals surface area contributed by atoms with Gasteiger partial charge in [-0.1, -0.05) is 41.2 Å². The van der Waals surface area contributed by atoms with Crippen LogP contribution in [0.1, 0.15) is 18.4 Å². The summed E-state index contributed by atoms with van der Waals surface area (Å²) in [6.07, 6.45) is 0.617. The number of hydrogen-bond donors (Lipinski definition) is 1. The Morgan fingerprint density at radius 1 is 1.22 bits per heavy atom. The Morgan fingerprint density at radius 2 is 1.96 bits per heavy atom. The summed E-state index contributed by atoms with van der Waals surface area (Å²) in [5, 5.41) is 17.1. The summed E-state index contributed by atoms with van der Waals surface area (Å²) in [5.74, 6) is -0.449. The van der Waals surface area contributed by atoms with Gasteiger partial charge in [0.05, 0.1) is 0 Å². The first-order valence-corrected chi connectivity index (χ1v) is 7.90. The lowest BCUT2D eigenvalue weighted by atomic mass is 10.1. The average Bonchev–Trinajstić information content (AvgIpc) is 2.99. The predicted octanol–water partition coefficient (Wildman–Crippen LogP) is 2.06. The van der Waals surface area contributed by atoms with Crippen LogP contribution in [0.2, 0.25) is 0 Å². The van der Waals surface area contributed by atoms with Gasteiger partial charge in [-0.3, -0.25) is 14.9 Å². The maximum Gasteiger partial charge on any atom is 0.273 e. The quantitative estimate of drug-likeness (QED) is 0.933. The Balaban J connectivity index is 1.72. The number of carbonyl (C=O) groups is 2. The zero-order valence-electron chi connectivity index (χ0n) is 12.7. The minimum Gasteiger partial charge on any atom is -0.295 e. The molecular weight excluding hydrogens is 314 g/mol. The Bertz CT molecular complexity index is 781. The van der Waals surface area contributed by atoms with Gasteiger partial charge in [-0.25, -0.2) is 5.01 Å². The first kappa shape index (κ1) is 15.3. The van der Waals surface area contributed by atoms with E-state index in [1.54, 1.807) is 0 Å². The van der Waals surface area contributed by atoms with Gasteiger partial charge in [0.25, 0.3) is 5.91 Å². The Morgan fingerprint density at radius 3 is 2.65 bits per heavy atom. The van der Waals surface area contributed by atoms with Crippen LogP contribution in [0.15, 0.2) is 29.4 Å². The molecule has 2 amide bonds. The van der Waals surface area contributed by atoms with E-state index in [9.17, 15) is 9.59 Å². The smallest absolute Gasteiger partial charge is 0.273 e. The fraction of sp³-hybridized carbons (Fsp3) is 0.267. The maximum absolute atomic E-state index is 12.2. The molecule has 0 aliphatic carbocycles. The maximum atomic E-state index is 12.2. The largest absolute Gasteiger partial charge is 0.295 e. The first-order valence-electron chi connectivity index (χ1n) is 7.09. The molecule has 0 bridgehead atoms. The topological polar surface area (TPSA) is 87.6 Å². The number of anilines is 1. The molecule has 7 nitrogen and oxygen atoms in total. The van der Waals surface area contributed by atoms with Crippen molar-refractivity contribution in [3.63, 3.8) is 0 Å². The van der Waals surface area contributed by atoms with E-state index in [2.05, 4.69) is 20.6 Å². The summed E-state index contributed by atoms with van der Waals surface area (Å²) in [4.78, 5) is 23.5. The van der Waals surface area contributed by atoms with Crippen molar-refractivity contribution < 1.29 is 9.59 Å². The highest BCUT2D eigenvalue weighted by Crippen LogP contribution is 2.26. The van der Waals surface area contributed by atoms with Crippen molar-refractivity contribution in [2.45, 2.75) is 19.8 Å². The minimum atomic E-state index is -0.351. The molecule has 0 saturated carbocycles. The second kappa shape index (κ2) is 6.25. The summed E-state index contributed by atoms with van der Waals surface area (Å²) in [6, 6.07) is 7.93. The van der Waals surface area contributed by atoms with Gasteiger partial charge in [-0.2, -0.15) is 5.10 Å². The molecular formula is C15H15N5O2S. The van der Waals surface area contributed by atoms with Crippen molar-refractivity contribution in [2.75, 3.05) is 12.4 Å². The third-order valence-corrected chi connectivity index (χ3v) is 4.30. The Kier molecular flexibility index (Phi) is 4.16. The molecule has 1 aromatic heterocycles. The number of rotatable bonds is 3. The third kappa shape index (κ3) is 3.42. The molecule has 0 fully saturated rings. The molecule has 1 aliphatic rings. The summed E-state index contributed by atoms with van der Waals surface area (Å²) in [7, 11) is 1.54. The van der Waals surface area contributed by atoms with Gasteiger partial charge in [0.1, 0.15) is 10.7 Å². The molecule has 1 N–H and O–H groups in total. The number of amides is 2. The molecule has 23 heavy (non-hydrogen) atoms. The molecule has 1 aliphatic heterocycles. The van der Waals surface area contributed by atoms with Crippen molar-refractivity contribution in [3.8, 4) is 10.6 Å². The number of nitrogens with zero attached hydrogens (tertiary/aromatic N) is 4. The number of benzene rings is 1. The zero-order chi connectivity index (χ0) is 16.4. The molecule has 118 valence electrons. The molecule has 8 heteroatoms. The van der Waals surface area contributed by atoms with Crippen molar-refractivity contribution >= 4 is 34.0 Å². The zero-order valence-corrected chi connectivity index (χ0v) is 13.6. The summed E-state index contributed by atoms with van der Waals surface area (Å²) >= 11 is 1.30. The van der Waals surface area contributed by atoms with Crippen LogP contribution in [0.3, 0.4) is 0 Å². The Hall–Kier alpha value is -2.61. The van der Waals surface area contributed by atoms with E-state index in [-0.39, 0.29) is 18.2 Å². The van der Waals surface area contributed by atoms with Crippen molar-refractivity contribution in [2.24, 2.45) is 5.10 Å². The molecule has 0 atom stereocenters. The second-order valence-corrected chi connectivity index (χ2v) is 6.17. The highest BCUT2D eigenvalue weighted by atomic mass is 32.1. The number of hydrazone groups is 1. The normalized spacial score (nSPS) is 14.6. The molecule has 0 spiro atoms. The van der Waals surface area contributed by atoms with Crippen LogP contribution in [-0.2, 0) is 9.59 Å². The van der Waals surface area contributed by atoms with E-state index in [1.807, 2.05) is 31.2 Å². The van der Waals surface area contributed by atoms with E-state index < -0.39 is 0 Å². The highest BCUT2D eigenvalue weighted by Gasteiger charge is 2.22. The van der Waals surface area contributed by atoms with Crippen LogP contribution in [0, 0.1) is 6.92 Å². The van der Waals surface area contributed by atoms with E-state index in [0.29, 0.717) is 17.3 Å². The van der Waals surface area contributed by atoms with Gasteiger partial charge < -0.3 is 0 Å². The van der Waals surface area contributed by atoms with Crippen LogP contribution >= 0.6 is 11.3 Å². The average molecular weight is 329 g/mol. The number of aromatic nitrogens is 2. The standard InChI is InChI=1S/C15H15N5O2S/c1-9-3-5-10(6-4-9)14-17-18-15(23-14)16-13(22)11-7-8-12(21)20(2)19-11/h3-6H,7-8H2,1-2H3,(H,16,18,22). The van der Waals surface area contributed by atoms with Crippen molar-refractivity contribution in [1.82, 2.24) is 15.2 Å². The van der Waals surface area contributed by atoms with E-state index in [0.717, 1.165) is 10.6 Å². The van der Waals surface area contributed by atoms with Gasteiger partial charge in [0.15, 0.2) is 0 Å². The highest BCUT2D eigenvalue weighted by molar-refractivity contribution is 7.18. The third-order valence-electron chi connectivity index (χ3n) is 3.41. The second-order valence-electron chi connectivity index (χ2n) is 5.20. The first-order chi connectivity index (χ1) is 11.0. The van der Waals surface area contributed by atoms with E-state index >= 15 is 0 Å². The molecule has 1 aromatic carbocycles.